The lowest BCUT2D eigenvalue weighted by molar-refractivity contribution is -0.134. The smallest absolute Gasteiger partial charge is 0.244 e. The lowest BCUT2D eigenvalue weighted by Crippen LogP contribution is -2.57. The van der Waals surface area contributed by atoms with Gasteiger partial charge in [-0.3, -0.25) is 38.4 Å². The summed E-state index contributed by atoms with van der Waals surface area (Å²) in [5.41, 5.74) is 12.5. The van der Waals surface area contributed by atoms with Gasteiger partial charge in [0.25, 0.3) is 0 Å². The maximum atomic E-state index is 14.1. The van der Waals surface area contributed by atoms with Crippen molar-refractivity contribution >= 4 is 47.1 Å². The fourth-order valence-corrected chi connectivity index (χ4v) is 6.77. The zero-order valence-corrected chi connectivity index (χ0v) is 30.9. The second kappa shape index (κ2) is 21.1. The van der Waals surface area contributed by atoms with Crippen molar-refractivity contribution in [1.82, 2.24) is 26.6 Å². The molecule has 4 rings (SSSR count). The molecule has 0 bridgehead atoms. The van der Waals surface area contributed by atoms with Crippen LogP contribution in [0.2, 0.25) is 0 Å². The fourth-order valence-electron chi connectivity index (χ4n) is 6.77. The summed E-state index contributed by atoms with van der Waals surface area (Å²) in [6.07, 6.45) is 7.31. The molecule has 15 heteroatoms. The molecule has 4 atom stereocenters. The summed E-state index contributed by atoms with van der Waals surface area (Å²) < 4.78 is 0. The van der Waals surface area contributed by atoms with E-state index in [1.54, 1.807) is 48.5 Å². The first kappa shape index (κ1) is 41.9. The third kappa shape index (κ3) is 13.8. The van der Waals surface area contributed by atoms with Crippen molar-refractivity contribution in [3.63, 3.8) is 0 Å². The average molecular weight is 758 g/mol. The van der Waals surface area contributed by atoms with E-state index in [1.807, 2.05) is 6.07 Å². The highest BCUT2D eigenvalue weighted by molar-refractivity contribution is 6.09. The van der Waals surface area contributed by atoms with E-state index in [0.29, 0.717) is 29.5 Å². The van der Waals surface area contributed by atoms with Crippen LogP contribution in [0.5, 0.6) is 0 Å². The molecule has 1 aliphatic carbocycles. The van der Waals surface area contributed by atoms with Gasteiger partial charge in [-0.2, -0.15) is 0 Å². The lowest BCUT2D eigenvalue weighted by Gasteiger charge is -2.29. The predicted octanol–water partition coefficient (Wildman–Crippen LogP) is 0.977. The van der Waals surface area contributed by atoms with E-state index in [-0.39, 0.29) is 50.4 Å². The molecule has 7 amide bonds. The number of primary amides is 2. The predicted molar refractivity (Wildman–Crippen MR) is 203 cm³/mol. The Kier molecular flexibility index (Phi) is 16.1. The van der Waals surface area contributed by atoms with E-state index in [4.69, 9.17) is 11.5 Å². The maximum Gasteiger partial charge on any atom is 0.244 e. The van der Waals surface area contributed by atoms with E-state index in [0.717, 1.165) is 44.3 Å². The van der Waals surface area contributed by atoms with E-state index in [2.05, 4.69) is 26.6 Å². The van der Waals surface area contributed by atoms with Crippen LogP contribution in [-0.4, -0.2) is 77.8 Å². The minimum absolute atomic E-state index is 0.0564. The zero-order valence-electron chi connectivity index (χ0n) is 30.9. The molecule has 2 aromatic rings. The second-order valence-corrected chi connectivity index (χ2v) is 14.1. The molecule has 0 saturated heterocycles. The number of rotatable bonds is 10. The molecule has 0 aromatic heterocycles. The quantitative estimate of drug-likeness (QED) is 0.172. The maximum absolute atomic E-state index is 14.1. The van der Waals surface area contributed by atoms with E-state index in [1.165, 1.54) is 0 Å². The van der Waals surface area contributed by atoms with Gasteiger partial charge in [-0.25, -0.2) is 0 Å². The molecule has 294 valence electrons. The Bertz CT molecular complexity index is 1720. The van der Waals surface area contributed by atoms with Gasteiger partial charge in [-0.15, -0.1) is 0 Å². The first-order valence-corrected chi connectivity index (χ1v) is 18.8. The second-order valence-electron chi connectivity index (χ2n) is 14.1. The Morgan fingerprint density at radius 1 is 0.618 bits per heavy atom. The van der Waals surface area contributed by atoms with Crippen molar-refractivity contribution in [2.24, 2.45) is 17.4 Å². The summed E-state index contributed by atoms with van der Waals surface area (Å²) in [5.74, 6) is -5.03. The first-order valence-electron chi connectivity index (χ1n) is 18.8. The summed E-state index contributed by atoms with van der Waals surface area (Å²) in [4.78, 5) is 104. The molecule has 1 aliphatic heterocycles. The number of ketones is 1. The highest BCUT2D eigenvalue weighted by Crippen LogP contribution is 2.27. The molecule has 1 fully saturated rings. The number of hydrogen-bond donors (Lipinski definition) is 7. The molecule has 2 aromatic carbocycles. The summed E-state index contributed by atoms with van der Waals surface area (Å²) in [5, 5.41) is 13.4. The zero-order chi connectivity index (χ0) is 39.7. The van der Waals surface area contributed by atoms with Crippen LogP contribution in [0, 0.1) is 5.92 Å². The van der Waals surface area contributed by atoms with Gasteiger partial charge in [-0.05, 0) is 43.6 Å². The molecule has 55 heavy (non-hydrogen) atoms. The molecule has 9 N–H and O–H groups in total. The largest absolute Gasteiger partial charge is 0.370 e. The van der Waals surface area contributed by atoms with Crippen molar-refractivity contribution in [2.75, 3.05) is 6.54 Å². The molecule has 1 saturated carbocycles. The summed E-state index contributed by atoms with van der Waals surface area (Å²) in [6, 6.07) is 11.0. The van der Waals surface area contributed by atoms with Crippen molar-refractivity contribution in [2.45, 2.75) is 101 Å². The standard InChI is InChI=1S/C40H51N7O8/c41-33(48)19-18-30-39(54)47-32(23-25-9-3-1-4-10-25)40(55)46-31(24-26-14-16-28(17-15-26)36(51)27-11-5-2-6-12-27)38(53)43-22-8-7-13-29(37(42)52)44-34(49)20-21-35(50)45-30/h2,5-6,11-12,14-17,20-21,25,29-32H,1,3-4,7-10,13,18-19,22-24H2,(H2,41,48)(H2,42,52)(H,43,53)(H,44,49)(H,45,50)(H,46,55)(H,47,54)/b21-20+/t29?,30-,31+,32?/m0/s1. The van der Waals surface area contributed by atoms with Gasteiger partial charge in [-0.1, -0.05) is 86.7 Å². The molecular weight excluding hydrogens is 706 g/mol. The first-order chi connectivity index (χ1) is 26.4. The van der Waals surface area contributed by atoms with Gasteiger partial charge in [0.2, 0.25) is 41.4 Å². The summed E-state index contributed by atoms with van der Waals surface area (Å²) in [6.45, 7) is 0.180. The molecule has 2 unspecified atom stereocenters. The Morgan fingerprint density at radius 3 is 1.87 bits per heavy atom. The van der Waals surface area contributed by atoms with Gasteiger partial charge < -0.3 is 38.1 Å². The van der Waals surface area contributed by atoms with Crippen LogP contribution in [0.4, 0.5) is 0 Å². The third-order valence-corrected chi connectivity index (χ3v) is 9.83. The van der Waals surface area contributed by atoms with Crippen LogP contribution in [-0.2, 0) is 40.0 Å². The SMILES string of the molecule is NC(=O)CC[C@@H]1NC(=O)/C=C/C(=O)NC(C(N)=O)CCCCNC(=O)[C@@H](Cc2ccc(C(=O)c3ccccc3)cc2)NC(=O)C(CC2CCCCC2)NC1=O. The Labute approximate surface area is 320 Å². The minimum atomic E-state index is -1.31. The number of carbonyl (C=O) groups excluding carboxylic acids is 8. The summed E-state index contributed by atoms with van der Waals surface area (Å²) in [7, 11) is 0. The van der Waals surface area contributed by atoms with Gasteiger partial charge >= 0.3 is 0 Å². The minimum Gasteiger partial charge on any atom is -0.370 e. The van der Waals surface area contributed by atoms with Crippen LogP contribution >= 0.6 is 0 Å². The van der Waals surface area contributed by atoms with Crippen LogP contribution in [0.1, 0.15) is 92.1 Å². The number of amides is 7. The van der Waals surface area contributed by atoms with Crippen molar-refractivity contribution in [1.29, 1.82) is 0 Å². The van der Waals surface area contributed by atoms with Crippen LogP contribution < -0.4 is 38.1 Å². The molecule has 1 heterocycles. The van der Waals surface area contributed by atoms with Crippen molar-refractivity contribution < 1.29 is 38.4 Å². The van der Waals surface area contributed by atoms with Crippen LogP contribution in [0.3, 0.4) is 0 Å². The number of carbonyl (C=O) groups is 8. The van der Waals surface area contributed by atoms with Crippen LogP contribution in [0.15, 0.2) is 66.7 Å². The van der Waals surface area contributed by atoms with Gasteiger partial charge in [0.15, 0.2) is 5.78 Å². The summed E-state index contributed by atoms with van der Waals surface area (Å²) >= 11 is 0. The average Bonchev–Trinajstić information content (AvgIpc) is 3.17. The molecule has 0 spiro atoms. The van der Waals surface area contributed by atoms with Gasteiger partial charge in [0.1, 0.15) is 24.2 Å². The van der Waals surface area contributed by atoms with Crippen molar-refractivity contribution in [3.8, 4) is 0 Å². The molecule has 0 radical (unpaired) electrons. The molecule has 2 aliphatic rings. The highest BCUT2D eigenvalue weighted by atomic mass is 16.2. The molecule has 15 nitrogen and oxygen atoms in total. The Morgan fingerprint density at radius 2 is 1.22 bits per heavy atom. The topological polar surface area (TPSA) is 249 Å². The number of hydrogen-bond acceptors (Lipinski definition) is 8. The lowest BCUT2D eigenvalue weighted by atomic mass is 9.84. The number of nitrogens with two attached hydrogens (primary N) is 2. The van der Waals surface area contributed by atoms with E-state index >= 15 is 0 Å². The van der Waals surface area contributed by atoms with E-state index in [9.17, 15) is 38.4 Å². The number of benzene rings is 2. The Hall–Kier alpha value is -5.86. The Balaban J connectivity index is 1.62. The third-order valence-electron chi connectivity index (χ3n) is 9.83. The number of nitrogens with one attached hydrogen (secondary N) is 5. The van der Waals surface area contributed by atoms with Gasteiger partial charge in [0, 0.05) is 42.7 Å². The normalized spacial score (nSPS) is 23.2. The van der Waals surface area contributed by atoms with Crippen molar-refractivity contribution in [3.05, 3.63) is 83.4 Å². The highest BCUT2D eigenvalue weighted by Gasteiger charge is 2.32. The van der Waals surface area contributed by atoms with Crippen LogP contribution in [0.25, 0.3) is 0 Å². The van der Waals surface area contributed by atoms with Gasteiger partial charge in [0.05, 0.1) is 0 Å². The molecular formula is C40H51N7O8. The van der Waals surface area contributed by atoms with E-state index < -0.39 is 65.5 Å². The monoisotopic (exact) mass is 757 g/mol. The fraction of sp³-hybridized carbons (Fsp3) is 0.450.